The minimum absolute atomic E-state index is 0.0799. The molecule has 1 saturated carbocycles. The molecule has 3 atom stereocenters. The molecule has 0 radical (unpaired) electrons. The maximum atomic E-state index is 12.0. The second kappa shape index (κ2) is 7.84. The van der Waals surface area contributed by atoms with Crippen LogP contribution in [0.2, 0.25) is 0 Å². The number of aliphatic hydroxyl groups is 1. The molecular formula is C15H31N3O2. The van der Waals surface area contributed by atoms with Gasteiger partial charge in [0.1, 0.15) is 0 Å². The van der Waals surface area contributed by atoms with E-state index in [1.807, 2.05) is 6.92 Å². The Morgan fingerprint density at radius 3 is 2.65 bits per heavy atom. The van der Waals surface area contributed by atoms with Gasteiger partial charge in [0.15, 0.2) is 0 Å². The summed E-state index contributed by atoms with van der Waals surface area (Å²) in [6.07, 6.45) is 3.00. The van der Waals surface area contributed by atoms with E-state index in [0.717, 1.165) is 32.4 Å². The van der Waals surface area contributed by atoms with Crippen LogP contribution in [-0.2, 0) is 0 Å². The highest BCUT2D eigenvalue weighted by Crippen LogP contribution is 2.37. The van der Waals surface area contributed by atoms with Crippen LogP contribution in [-0.4, -0.2) is 54.4 Å². The second-order valence-electron chi connectivity index (χ2n) is 6.18. The standard InChI is InChI=1S/C15H31N3O2/c1-5-18(6-2)12(3)10-16-14(20)17-13-8-7-9-15(13,4)11-19/h12-13,19H,5-11H2,1-4H3,(H2,16,17,20). The van der Waals surface area contributed by atoms with Crippen LogP contribution in [0.3, 0.4) is 0 Å². The summed E-state index contributed by atoms with van der Waals surface area (Å²) in [7, 11) is 0. The molecule has 0 heterocycles. The molecule has 0 aromatic carbocycles. The van der Waals surface area contributed by atoms with Crippen molar-refractivity contribution in [1.82, 2.24) is 15.5 Å². The summed E-state index contributed by atoms with van der Waals surface area (Å²) in [6, 6.07) is 0.301. The lowest BCUT2D eigenvalue weighted by Crippen LogP contribution is -2.51. The van der Waals surface area contributed by atoms with E-state index in [0.29, 0.717) is 12.6 Å². The minimum atomic E-state index is -0.165. The van der Waals surface area contributed by atoms with Crippen molar-refractivity contribution in [3.8, 4) is 0 Å². The van der Waals surface area contributed by atoms with Gasteiger partial charge in [-0.25, -0.2) is 4.79 Å². The first kappa shape index (κ1) is 17.2. The molecule has 0 spiro atoms. The molecule has 2 amide bonds. The number of rotatable bonds is 7. The third-order valence-corrected chi connectivity index (χ3v) is 4.74. The van der Waals surface area contributed by atoms with Crippen molar-refractivity contribution in [2.24, 2.45) is 5.41 Å². The van der Waals surface area contributed by atoms with E-state index < -0.39 is 0 Å². The molecule has 1 rings (SSSR count). The predicted octanol–water partition coefficient (Wildman–Crippen LogP) is 1.57. The number of likely N-dealkylation sites (N-methyl/N-ethyl adjacent to an activating group) is 1. The van der Waals surface area contributed by atoms with Gasteiger partial charge in [-0.05, 0) is 32.9 Å². The Hall–Kier alpha value is -0.810. The number of amides is 2. The van der Waals surface area contributed by atoms with Gasteiger partial charge in [-0.2, -0.15) is 0 Å². The van der Waals surface area contributed by atoms with Crippen LogP contribution >= 0.6 is 0 Å². The van der Waals surface area contributed by atoms with Gasteiger partial charge in [0, 0.05) is 24.0 Å². The number of nitrogens with zero attached hydrogens (tertiary/aromatic N) is 1. The summed E-state index contributed by atoms with van der Waals surface area (Å²) in [5.41, 5.74) is -0.165. The maximum Gasteiger partial charge on any atom is 0.315 e. The Labute approximate surface area is 123 Å². The Balaban J connectivity index is 2.37. The van der Waals surface area contributed by atoms with Crippen molar-refractivity contribution >= 4 is 6.03 Å². The highest BCUT2D eigenvalue weighted by atomic mass is 16.3. The van der Waals surface area contributed by atoms with Crippen molar-refractivity contribution in [1.29, 1.82) is 0 Å². The average Bonchev–Trinajstić information content (AvgIpc) is 2.80. The van der Waals surface area contributed by atoms with Crippen molar-refractivity contribution in [2.45, 2.75) is 59.0 Å². The molecule has 0 aromatic heterocycles. The third kappa shape index (κ3) is 4.35. The van der Waals surface area contributed by atoms with Gasteiger partial charge in [0.25, 0.3) is 0 Å². The lowest BCUT2D eigenvalue weighted by Gasteiger charge is -2.31. The van der Waals surface area contributed by atoms with Crippen LogP contribution in [0, 0.1) is 5.41 Å². The quantitative estimate of drug-likeness (QED) is 0.665. The van der Waals surface area contributed by atoms with E-state index >= 15 is 0 Å². The first-order valence-corrected chi connectivity index (χ1v) is 7.86. The number of urea groups is 1. The van der Waals surface area contributed by atoms with E-state index in [9.17, 15) is 9.90 Å². The molecule has 3 unspecified atom stereocenters. The molecule has 5 nitrogen and oxygen atoms in total. The number of hydrogen-bond donors (Lipinski definition) is 3. The molecule has 3 N–H and O–H groups in total. The normalized spacial score (nSPS) is 27.6. The number of nitrogens with one attached hydrogen (secondary N) is 2. The van der Waals surface area contributed by atoms with Gasteiger partial charge >= 0.3 is 6.03 Å². The lowest BCUT2D eigenvalue weighted by atomic mass is 9.86. The minimum Gasteiger partial charge on any atom is -0.396 e. The van der Waals surface area contributed by atoms with Crippen LogP contribution in [0.5, 0.6) is 0 Å². The van der Waals surface area contributed by atoms with Crippen LogP contribution in [0.25, 0.3) is 0 Å². The molecular weight excluding hydrogens is 254 g/mol. The zero-order chi connectivity index (χ0) is 15.2. The molecule has 0 bridgehead atoms. The summed E-state index contributed by atoms with van der Waals surface area (Å²) >= 11 is 0. The number of carbonyl (C=O) groups excluding carboxylic acids is 1. The fourth-order valence-electron chi connectivity index (χ4n) is 3.09. The van der Waals surface area contributed by atoms with E-state index in [1.165, 1.54) is 0 Å². The van der Waals surface area contributed by atoms with Crippen molar-refractivity contribution in [2.75, 3.05) is 26.2 Å². The zero-order valence-electron chi connectivity index (χ0n) is 13.4. The topological polar surface area (TPSA) is 64.6 Å². The highest BCUT2D eigenvalue weighted by molar-refractivity contribution is 5.74. The monoisotopic (exact) mass is 285 g/mol. The smallest absolute Gasteiger partial charge is 0.315 e. The predicted molar refractivity (Wildman–Crippen MR) is 81.7 cm³/mol. The Bertz CT molecular complexity index is 307. The molecule has 1 fully saturated rings. The summed E-state index contributed by atoms with van der Waals surface area (Å²) in [4.78, 5) is 14.3. The molecule has 118 valence electrons. The first-order valence-electron chi connectivity index (χ1n) is 7.86. The van der Waals surface area contributed by atoms with Crippen molar-refractivity contribution in [3.63, 3.8) is 0 Å². The Morgan fingerprint density at radius 2 is 2.10 bits per heavy atom. The van der Waals surface area contributed by atoms with E-state index in [1.54, 1.807) is 0 Å². The van der Waals surface area contributed by atoms with E-state index in [-0.39, 0.29) is 24.1 Å². The number of carbonyl (C=O) groups is 1. The van der Waals surface area contributed by atoms with E-state index in [2.05, 4.69) is 36.3 Å². The molecule has 5 heteroatoms. The van der Waals surface area contributed by atoms with Crippen LogP contribution in [0.1, 0.15) is 47.0 Å². The molecule has 1 aliphatic carbocycles. The lowest BCUT2D eigenvalue weighted by molar-refractivity contribution is 0.120. The number of hydrogen-bond acceptors (Lipinski definition) is 3. The fourth-order valence-corrected chi connectivity index (χ4v) is 3.09. The van der Waals surface area contributed by atoms with Crippen molar-refractivity contribution in [3.05, 3.63) is 0 Å². The van der Waals surface area contributed by atoms with Crippen LogP contribution < -0.4 is 10.6 Å². The van der Waals surface area contributed by atoms with E-state index in [4.69, 9.17) is 0 Å². The van der Waals surface area contributed by atoms with Crippen molar-refractivity contribution < 1.29 is 9.90 Å². The molecule has 0 aromatic rings. The zero-order valence-corrected chi connectivity index (χ0v) is 13.4. The second-order valence-corrected chi connectivity index (χ2v) is 6.18. The largest absolute Gasteiger partial charge is 0.396 e. The molecule has 0 aliphatic heterocycles. The average molecular weight is 285 g/mol. The van der Waals surface area contributed by atoms with Gasteiger partial charge in [-0.1, -0.05) is 27.2 Å². The summed E-state index contributed by atoms with van der Waals surface area (Å²) in [5, 5.41) is 15.5. The third-order valence-electron chi connectivity index (χ3n) is 4.74. The van der Waals surface area contributed by atoms with Gasteiger partial charge in [0.05, 0.1) is 6.61 Å². The summed E-state index contributed by atoms with van der Waals surface area (Å²) in [5.74, 6) is 0. The maximum absolute atomic E-state index is 12.0. The molecule has 1 aliphatic rings. The summed E-state index contributed by atoms with van der Waals surface area (Å²) in [6.45, 7) is 11.2. The van der Waals surface area contributed by atoms with Gasteiger partial charge in [-0.15, -0.1) is 0 Å². The Kier molecular flexibility index (Phi) is 6.76. The Morgan fingerprint density at radius 1 is 1.45 bits per heavy atom. The van der Waals surface area contributed by atoms with Gasteiger partial charge in [0.2, 0.25) is 0 Å². The summed E-state index contributed by atoms with van der Waals surface area (Å²) < 4.78 is 0. The van der Waals surface area contributed by atoms with Crippen LogP contribution in [0.15, 0.2) is 0 Å². The fraction of sp³-hybridized carbons (Fsp3) is 0.933. The van der Waals surface area contributed by atoms with Gasteiger partial charge in [-0.3, -0.25) is 4.90 Å². The number of aliphatic hydroxyl groups excluding tert-OH is 1. The van der Waals surface area contributed by atoms with Crippen LogP contribution in [0.4, 0.5) is 4.79 Å². The van der Waals surface area contributed by atoms with Gasteiger partial charge < -0.3 is 15.7 Å². The SMILES string of the molecule is CCN(CC)C(C)CNC(=O)NC1CCCC1(C)CO. The molecule has 20 heavy (non-hydrogen) atoms. The first-order chi connectivity index (χ1) is 9.46. The molecule has 0 saturated heterocycles. The highest BCUT2D eigenvalue weighted by Gasteiger charge is 2.39.